The van der Waals surface area contributed by atoms with Crippen LogP contribution in [-0.4, -0.2) is 12.1 Å². The summed E-state index contributed by atoms with van der Waals surface area (Å²) in [6, 6.07) is 13.7. The number of methoxy groups -OCH3 is 1. The van der Waals surface area contributed by atoms with E-state index >= 15 is 0 Å². The van der Waals surface area contributed by atoms with Crippen molar-refractivity contribution in [2.24, 2.45) is 5.73 Å². The van der Waals surface area contributed by atoms with Crippen LogP contribution in [0.5, 0.6) is 5.75 Å². The molecule has 0 radical (unpaired) electrons. The molecule has 0 aliphatic heterocycles. The van der Waals surface area contributed by atoms with Crippen molar-refractivity contribution in [3.8, 4) is 5.75 Å². The number of anilines is 1. The summed E-state index contributed by atoms with van der Waals surface area (Å²) < 4.78 is 6.29. The molecule has 104 valence electrons. The Bertz CT molecular complexity index is 631. The highest BCUT2D eigenvalue weighted by atomic mass is 79.9. The van der Waals surface area contributed by atoms with Gasteiger partial charge in [0.1, 0.15) is 10.7 Å². The van der Waals surface area contributed by atoms with E-state index in [9.17, 15) is 0 Å². The molecule has 2 aromatic carbocycles. The van der Waals surface area contributed by atoms with Crippen molar-refractivity contribution in [3.05, 3.63) is 58.1 Å². The first kappa shape index (κ1) is 14.8. The average molecular weight is 351 g/mol. The van der Waals surface area contributed by atoms with Crippen LogP contribution in [0.4, 0.5) is 5.69 Å². The van der Waals surface area contributed by atoms with Gasteiger partial charge in [-0.1, -0.05) is 46.3 Å². The van der Waals surface area contributed by atoms with E-state index in [-0.39, 0.29) is 0 Å². The molecule has 0 atom stereocenters. The summed E-state index contributed by atoms with van der Waals surface area (Å²) in [5.74, 6) is 0.764. The Kier molecular flexibility index (Phi) is 4.98. The molecule has 0 amide bonds. The van der Waals surface area contributed by atoms with Gasteiger partial charge in [-0.3, -0.25) is 0 Å². The lowest BCUT2D eigenvalue weighted by Crippen LogP contribution is -2.13. The minimum absolute atomic E-state index is 0.363. The first-order valence-corrected chi connectivity index (χ1v) is 7.27. The summed E-state index contributed by atoms with van der Waals surface area (Å²) >= 11 is 8.60. The molecule has 0 aliphatic carbocycles. The zero-order valence-corrected chi connectivity index (χ0v) is 13.4. The summed E-state index contributed by atoms with van der Waals surface area (Å²) in [5, 5.41) is 3.35. The van der Waals surface area contributed by atoms with Crippen molar-refractivity contribution >= 4 is 38.8 Å². The van der Waals surface area contributed by atoms with E-state index < -0.39 is 0 Å². The molecule has 0 unspecified atom stereocenters. The Morgan fingerprint density at radius 2 is 2.05 bits per heavy atom. The van der Waals surface area contributed by atoms with Gasteiger partial charge in [-0.15, -0.1) is 0 Å². The lowest BCUT2D eigenvalue weighted by Gasteiger charge is -2.13. The summed E-state index contributed by atoms with van der Waals surface area (Å²) in [6.07, 6.45) is 0. The third-order valence-corrected chi connectivity index (χ3v) is 3.91. The molecule has 0 aromatic heterocycles. The molecule has 2 aromatic rings. The summed E-state index contributed by atoms with van der Waals surface area (Å²) in [7, 11) is 1.63. The summed E-state index contributed by atoms with van der Waals surface area (Å²) in [6.45, 7) is 0.671. The Balaban J connectivity index is 2.24. The Hall–Kier alpha value is -1.59. The number of hydrogen-bond acceptors (Lipinski definition) is 3. The number of ether oxygens (including phenoxy) is 1. The molecule has 0 heterocycles. The number of benzene rings is 2. The second-order valence-electron chi connectivity index (χ2n) is 4.22. The van der Waals surface area contributed by atoms with Gasteiger partial charge in [0.05, 0.1) is 7.11 Å². The van der Waals surface area contributed by atoms with Crippen LogP contribution in [0.15, 0.2) is 46.9 Å². The number of nitrogens with one attached hydrogen (secondary N) is 1. The first-order valence-electron chi connectivity index (χ1n) is 6.07. The van der Waals surface area contributed by atoms with Gasteiger partial charge in [0.2, 0.25) is 0 Å². The molecule has 0 bridgehead atoms. The molecular formula is C15H15BrN2OS. The van der Waals surface area contributed by atoms with E-state index in [0.717, 1.165) is 27.0 Å². The van der Waals surface area contributed by atoms with Gasteiger partial charge in [0.15, 0.2) is 0 Å². The minimum atomic E-state index is 0.363. The zero-order chi connectivity index (χ0) is 14.5. The molecule has 0 saturated carbocycles. The highest BCUT2D eigenvalue weighted by molar-refractivity contribution is 9.10. The highest BCUT2D eigenvalue weighted by Gasteiger charge is 2.07. The van der Waals surface area contributed by atoms with Crippen molar-refractivity contribution < 1.29 is 4.74 Å². The SMILES string of the molecule is COc1ccc(C(N)=S)c(NCc2ccccc2Br)c1. The molecule has 5 heteroatoms. The van der Waals surface area contributed by atoms with Crippen LogP contribution in [0.25, 0.3) is 0 Å². The van der Waals surface area contributed by atoms with Crippen molar-refractivity contribution in [2.45, 2.75) is 6.54 Å². The van der Waals surface area contributed by atoms with Gasteiger partial charge in [0, 0.05) is 28.3 Å². The van der Waals surface area contributed by atoms with Gasteiger partial charge >= 0.3 is 0 Å². The molecule has 3 nitrogen and oxygen atoms in total. The second-order valence-corrected chi connectivity index (χ2v) is 5.51. The van der Waals surface area contributed by atoms with Gasteiger partial charge < -0.3 is 15.8 Å². The average Bonchev–Trinajstić information content (AvgIpc) is 2.46. The second kappa shape index (κ2) is 6.72. The van der Waals surface area contributed by atoms with Crippen LogP contribution in [0, 0.1) is 0 Å². The fourth-order valence-corrected chi connectivity index (χ4v) is 2.45. The lowest BCUT2D eigenvalue weighted by atomic mass is 10.1. The Labute approximate surface area is 132 Å². The maximum Gasteiger partial charge on any atom is 0.120 e. The van der Waals surface area contributed by atoms with Gasteiger partial charge in [-0.05, 0) is 23.8 Å². The molecule has 0 aliphatic rings. The number of thiocarbonyl (C=S) groups is 1. The van der Waals surface area contributed by atoms with Crippen molar-refractivity contribution in [3.63, 3.8) is 0 Å². The number of rotatable bonds is 5. The number of hydrogen-bond donors (Lipinski definition) is 2. The van der Waals surface area contributed by atoms with Crippen LogP contribution in [0.3, 0.4) is 0 Å². The first-order chi connectivity index (χ1) is 9.61. The fraction of sp³-hybridized carbons (Fsp3) is 0.133. The number of nitrogens with two attached hydrogens (primary N) is 1. The van der Waals surface area contributed by atoms with Gasteiger partial charge in [-0.2, -0.15) is 0 Å². The van der Waals surface area contributed by atoms with E-state index in [1.807, 2.05) is 36.4 Å². The standard InChI is InChI=1S/C15H15BrN2OS/c1-19-11-6-7-12(15(17)20)14(8-11)18-9-10-4-2-3-5-13(10)16/h2-8,18H,9H2,1H3,(H2,17,20). The van der Waals surface area contributed by atoms with Crippen LogP contribution in [0.1, 0.15) is 11.1 Å². The fourth-order valence-electron chi connectivity index (χ4n) is 1.84. The van der Waals surface area contributed by atoms with Gasteiger partial charge in [0.25, 0.3) is 0 Å². The largest absolute Gasteiger partial charge is 0.497 e. The van der Waals surface area contributed by atoms with Crippen LogP contribution >= 0.6 is 28.1 Å². The van der Waals surface area contributed by atoms with E-state index in [1.165, 1.54) is 0 Å². The normalized spacial score (nSPS) is 10.1. The lowest BCUT2D eigenvalue weighted by molar-refractivity contribution is 0.415. The molecule has 0 fully saturated rings. The molecule has 0 spiro atoms. The summed E-state index contributed by atoms with van der Waals surface area (Å²) in [5.41, 5.74) is 8.58. The van der Waals surface area contributed by atoms with Crippen LogP contribution in [0.2, 0.25) is 0 Å². The maximum absolute atomic E-state index is 5.75. The quantitative estimate of drug-likeness (QED) is 0.807. The van der Waals surface area contributed by atoms with Gasteiger partial charge in [-0.25, -0.2) is 0 Å². The smallest absolute Gasteiger partial charge is 0.120 e. The molecule has 2 rings (SSSR count). The predicted octanol–water partition coefficient (Wildman–Crippen LogP) is 3.70. The van der Waals surface area contributed by atoms with Crippen LogP contribution < -0.4 is 15.8 Å². The Morgan fingerprint density at radius 3 is 2.70 bits per heavy atom. The van der Waals surface area contributed by atoms with Crippen molar-refractivity contribution in [1.29, 1.82) is 0 Å². The predicted molar refractivity (Wildman–Crippen MR) is 90.4 cm³/mol. The monoisotopic (exact) mass is 350 g/mol. The molecule has 0 saturated heterocycles. The minimum Gasteiger partial charge on any atom is -0.497 e. The van der Waals surface area contributed by atoms with E-state index in [2.05, 4.69) is 27.3 Å². The molecule has 20 heavy (non-hydrogen) atoms. The van der Waals surface area contributed by atoms with E-state index in [1.54, 1.807) is 7.11 Å². The van der Waals surface area contributed by atoms with Crippen LogP contribution in [-0.2, 0) is 6.54 Å². The van der Waals surface area contributed by atoms with E-state index in [4.69, 9.17) is 22.7 Å². The molecular weight excluding hydrogens is 336 g/mol. The van der Waals surface area contributed by atoms with Crippen molar-refractivity contribution in [2.75, 3.05) is 12.4 Å². The highest BCUT2D eigenvalue weighted by Crippen LogP contribution is 2.24. The van der Waals surface area contributed by atoms with E-state index in [0.29, 0.717) is 11.5 Å². The topological polar surface area (TPSA) is 47.3 Å². The zero-order valence-electron chi connectivity index (χ0n) is 11.0. The number of halogens is 1. The Morgan fingerprint density at radius 1 is 1.30 bits per heavy atom. The van der Waals surface area contributed by atoms with Crippen molar-refractivity contribution in [1.82, 2.24) is 0 Å². The summed E-state index contributed by atoms with van der Waals surface area (Å²) in [4.78, 5) is 0.363. The molecule has 3 N–H and O–H groups in total. The third kappa shape index (κ3) is 3.49. The maximum atomic E-state index is 5.75. The third-order valence-electron chi connectivity index (χ3n) is 2.92.